The van der Waals surface area contributed by atoms with Crippen molar-refractivity contribution in [2.75, 3.05) is 0 Å². The minimum absolute atomic E-state index is 1.05. The summed E-state index contributed by atoms with van der Waals surface area (Å²) in [4.78, 5) is 4.79. The van der Waals surface area contributed by atoms with Crippen LogP contribution in [0.25, 0.3) is 54.7 Å². The maximum absolute atomic E-state index is 4.79. The number of fused-ring (bicyclic) bond motifs is 5. The van der Waals surface area contributed by atoms with Crippen molar-refractivity contribution >= 4 is 32.3 Å². The quantitative estimate of drug-likeness (QED) is 0.246. The van der Waals surface area contributed by atoms with Crippen LogP contribution in [0.2, 0.25) is 0 Å². The molecule has 0 aliphatic rings. The highest BCUT2D eigenvalue weighted by Gasteiger charge is 2.12. The van der Waals surface area contributed by atoms with Crippen LogP contribution in [0.5, 0.6) is 0 Å². The van der Waals surface area contributed by atoms with Gasteiger partial charge in [0.15, 0.2) is 0 Å². The number of aryl methyl sites for hydroxylation is 4. The monoisotopic (exact) mass is 437 g/mol. The van der Waals surface area contributed by atoms with Crippen LogP contribution >= 0.6 is 0 Å². The second-order valence-corrected chi connectivity index (χ2v) is 9.56. The van der Waals surface area contributed by atoms with Gasteiger partial charge in [-0.2, -0.15) is 0 Å². The molecule has 34 heavy (non-hydrogen) atoms. The number of hydrogen-bond acceptors (Lipinski definition) is 1. The van der Waals surface area contributed by atoms with Crippen molar-refractivity contribution in [1.29, 1.82) is 0 Å². The maximum atomic E-state index is 4.79. The summed E-state index contributed by atoms with van der Waals surface area (Å²) in [5.41, 5.74) is 10.0. The van der Waals surface area contributed by atoms with E-state index in [9.17, 15) is 0 Å². The highest BCUT2D eigenvalue weighted by molar-refractivity contribution is 6.19. The van der Waals surface area contributed by atoms with Crippen LogP contribution in [0.4, 0.5) is 0 Å². The molecule has 164 valence electrons. The molecule has 0 N–H and O–H groups in total. The first-order chi connectivity index (χ1) is 16.5. The van der Waals surface area contributed by atoms with E-state index in [0.717, 1.165) is 5.69 Å². The van der Waals surface area contributed by atoms with E-state index in [0.29, 0.717) is 0 Å². The third kappa shape index (κ3) is 3.28. The SMILES string of the molecule is Cc1cc(C)cc(-c2nccc3c2ccc2c4ccc(-c5c(C)cccc5C)cc4ccc32)c1. The van der Waals surface area contributed by atoms with E-state index in [1.807, 2.05) is 6.20 Å². The number of hydrogen-bond donors (Lipinski definition) is 0. The van der Waals surface area contributed by atoms with Gasteiger partial charge in [-0.05, 0) is 101 Å². The van der Waals surface area contributed by atoms with E-state index >= 15 is 0 Å². The van der Waals surface area contributed by atoms with Gasteiger partial charge in [0, 0.05) is 17.1 Å². The number of aromatic nitrogens is 1. The highest BCUT2D eigenvalue weighted by atomic mass is 14.7. The summed E-state index contributed by atoms with van der Waals surface area (Å²) in [5.74, 6) is 0. The Labute approximate surface area is 200 Å². The molecule has 0 amide bonds. The van der Waals surface area contributed by atoms with E-state index in [4.69, 9.17) is 4.98 Å². The lowest BCUT2D eigenvalue weighted by atomic mass is 9.91. The summed E-state index contributed by atoms with van der Waals surface area (Å²) in [7, 11) is 0. The second-order valence-electron chi connectivity index (χ2n) is 9.56. The molecule has 0 atom stereocenters. The number of nitrogens with zero attached hydrogens (tertiary/aromatic N) is 1. The molecule has 1 heteroatoms. The van der Waals surface area contributed by atoms with Crippen molar-refractivity contribution in [3.05, 3.63) is 113 Å². The Morgan fingerprint density at radius 2 is 1.12 bits per heavy atom. The third-order valence-electron chi connectivity index (χ3n) is 7.02. The molecule has 0 spiro atoms. The van der Waals surface area contributed by atoms with Crippen LogP contribution in [0.15, 0.2) is 91.1 Å². The first kappa shape index (κ1) is 20.6. The van der Waals surface area contributed by atoms with E-state index in [2.05, 4.69) is 113 Å². The molecule has 0 radical (unpaired) electrons. The smallest absolute Gasteiger partial charge is 0.0780 e. The zero-order valence-electron chi connectivity index (χ0n) is 20.1. The Bertz CT molecular complexity index is 1700. The second kappa shape index (κ2) is 7.81. The fourth-order valence-corrected chi connectivity index (χ4v) is 5.58. The zero-order valence-corrected chi connectivity index (χ0v) is 20.1. The molecule has 0 fully saturated rings. The Morgan fingerprint density at radius 3 is 1.88 bits per heavy atom. The normalized spacial score (nSPS) is 11.5. The predicted molar refractivity (Wildman–Crippen MR) is 147 cm³/mol. The van der Waals surface area contributed by atoms with Crippen molar-refractivity contribution in [2.24, 2.45) is 0 Å². The van der Waals surface area contributed by atoms with Crippen LogP contribution in [0.1, 0.15) is 22.3 Å². The molecule has 5 aromatic carbocycles. The van der Waals surface area contributed by atoms with Crippen molar-refractivity contribution in [2.45, 2.75) is 27.7 Å². The fourth-order valence-electron chi connectivity index (χ4n) is 5.58. The van der Waals surface area contributed by atoms with Crippen LogP contribution in [-0.4, -0.2) is 4.98 Å². The lowest BCUT2D eigenvalue weighted by Crippen LogP contribution is -1.90. The molecule has 1 aromatic heterocycles. The summed E-state index contributed by atoms with van der Waals surface area (Å²) < 4.78 is 0. The first-order valence-corrected chi connectivity index (χ1v) is 11.9. The van der Waals surface area contributed by atoms with E-state index in [1.54, 1.807) is 0 Å². The number of rotatable bonds is 2. The summed E-state index contributed by atoms with van der Waals surface area (Å²) >= 11 is 0. The zero-order chi connectivity index (χ0) is 23.4. The molecule has 0 aliphatic carbocycles. The Balaban J connectivity index is 1.57. The molecular formula is C33H27N. The number of benzene rings is 5. The molecule has 0 bridgehead atoms. The minimum atomic E-state index is 1.05. The molecule has 1 nitrogen and oxygen atoms in total. The van der Waals surface area contributed by atoms with Gasteiger partial charge in [-0.15, -0.1) is 0 Å². The van der Waals surface area contributed by atoms with E-state index in [-0.39, 0.29) is 0 Å². The number of pyridine rings is 1. The van der Waals surface area contributed by atoms with Gasteiger partial charge >= 0.3 is 0 Å². The first-order valence-electron chi connectivity index (χ1n) is 11.9. The molecule has 6 aromatic rings. The minimum Gasteiger partial charge on any atom is -0.256 e. The molecule has 1 heterocycles. The predicted octanol–water partition coefficient (Wildman–Crippen LogP) is 9.11. The van der Waals surface area contributed by atoms with Gasteiger partial charge in [0.25, 0.3) is 0 Å². The Morgan fingerprint density at radius 1 is 0.500 bits per heavy atom. The van der Waals surface area contributed by atoms with Gasteiger partial charge in [0.1, 0.15) is 0 Å². The van der Waals surface area contributed by atoms with Crippen molar-refractivity contribution < 1.29 is 0 Å². The third-order valence-corrected chi connectivity index (χ3v) is 7.02. The molecule has 0 saturated heterocycles. The maximum Gasteiger partial charge on any atom is 0.0780 e. The van der Waals surface area contributed by atoms with E-state index in [1.165, 1.54) is 71.3 Å². The Kier molecular flexibility index (Phi) is 4.74. The van der Waals surface area contributed by atoms with Gasteiger partial charge in [-0.25, -0.2) is 0 Å². The van der Waals surface area contributed by atoms with Gasteiger partial charge in [0.05, 0.1) is 5.69 Å². The molecule has 0 unspecified atom stereocenters. The van der Waals surface area contributed by atoms with Crippen LogP contribution in [0.3, 0.4) is 0 Å². The fraction of sp³-hybridized carbons (Fsp3) is 0.121. The molecule has 6 rings (SSSR count). The van der Waals surface area contributed by atoms with Gasteiger partial charge in [-0.3, -0.25) is 4.98 Å². The average molecular weight is 438 g/mol. The van der Waals surface area contributed by atoms with Crippen molar-refractivity contribution in [1.82, 2.24) is 4.98 Å². The summed E-state index contributed by atoms with van der Waals surface area (Å²) in [6.07, 6.45) is 1.95. The van der Waals surface area contributed by atoms with Gasteiger partial charge < -0.3 is 0 Å². The molecular weight excluding hydrogens is 410 g/mol. The molecule has 0 saturated carbocycles. The summed E-state index contributed by atoms with van der Waals surface area (Å²) in [5, 5.41) is 7.58. The largest absolute Gasteiger partial charge is 0.256 e. The highest BCUT2D eigenvalue weighted by Crippen LogP contribution is 2.37. The van der Waals surface area contributed by atoms with E-state index < -0.39 is 0 Å². The topological polar surface area (TPSA) is 12.9 Å². The lowest BCUT2D eigenvalue weighted by molar-refractivity contribution is 1.33. The van der Waals surface area contributed by atoms with Crippen molar-refractivity contribution in [3.63, 3.8) is 0 Å². The Hall–Kier alpha value is -3.97. The van der Waals surface area contributed by atoms with Crippen LogP contribution in [0, 0.1) is 27.7 Å². The summed E-state index contributed by atoms with van der Waals surface area (Å²) in [6, 6.07) is 31.3. The van der Waals surface area contributed by atoms with Crippen molar-refractivity contribution in [3.8, 4) is 22.4 Å². The van der Waals surface area contributed by atoms with Gasteiger partial charge in [0.2, 0.25) is 0 Å². The lowest BCUT2D eigenvalue weighted by Gasteiger charge is -2.14. The summed E-state index contributed by atoms with van der Waals surface area (Å²) in [6.45, 7) is 8.69. The van der Waals surface area contributed by atoms with Crippen LogP contribution in [-0.2, 0) is 0 Å². The van der Waals surface area contributed by atoms with Crippen LogP contribution < -0.4 is 0 Å². The molecule has 0 aliphatic heterocycles. The average Bonchev–Trinajstić information content (AvgIpc) is 2.82. The standard InChI is InChI=1S/C33H27N/c1-20-16-21(2)18-26(17-20)33-31-13-12-28-27-10-9-25(32-22(3)6-5-7-23(32)4)19-24(27)8-11-29(28)30(31)14-15-34-33/h5-19H,1-4H3. The van der Waals surface area contributed by atoms with Gasteiger partial charge in [-0.1, -0.05) is 71.8 Å².